The fourth-order valence-corrected chi connectivity index (χ4v) is 5.05. The molecule has 1 aliphatic rings. The van der Waals surface area contributed by atoms with Gasteiger partial charge in [-0.1, -0.05) is 76.2 Å². The van der Waals surface area contributed by atoms with Crippen LogP contribution in [0, 0.1) is 0 Å². The van der Waals surface area contributed by atoms with Crippen molar-refractivity contribution in [2.75, 3.05) is 0 Å². The molecule has 1 N–H and O–H groups in total. The Bertz CT molecular complexity index is 1210. The summed E-state index contributed by atoms with van der Waals surface area (Å²) in [6.45, 7) is 9.16. The lowest BCUT2D eigenvalue weighted by Crippen LogP contribution is -2.34. The molecule has 0 heterocycles. The van der Waals surface area contributed by atoms with Gasteiger partial charge in [0.1, 0.15) is 5.75 Å². The molecule has 4 heteroatoms. The summed E-state index contributed by atoms with van der Waals surface area (Å²) in [6, 6.07) is 22.7. The minimum atomic E-state index is -1.01. The molecule has 0 aliphatic heterocycles. The zero-order valence-corrected chi connectivity index (χ0v) is 21.0. The molecular weight excluding hydrogens is 436 g/mol. The maximum Gasteiger partial charge on any atom is 0.335 e. The number of hydrogen-bond acceptors (Lipinski definition) is 3. The minimum Gasteiger partial charge on any atom is -0.478 e. The molecule has 1 atom stereocenters. The van der Waals surface area contributed by atoms with Crippen LogP contribution in [0.2, 0.25) is 0 Å². The SMILES string of the molecule is CC1(C)CCC(C)(C)c2cc(C(CCc3ccccc3)C(=O)Oc3ccc(C(=O)O)cc3)ccc21. The van der Waals surface area contributed by atoms with Crippen molar-refractivity contribution in [2.24, 2.45) is 0 Å². The number of hydrogen-bond donors (Lipinski definition) is 1. The normalized spacial score (nSPS) is 16.7. The molecule has 0 saturated heterocycles. The van der Waals surface area contributed by atoms with E-state index < -0.39 is 11.9 Å². The lowest BCUT2D eigenvalue weighted by Gasteiger charge is -2.42. The third-order valence-corrected chi connectivity index (χ3v) is 7.45. The van der Waals surface area contributed by atoms with Gasteiger partial charge >= 0.3 is 11.9 Å². The third kappa shape index (κ3) is 5.48. The monoisotopic (exact) mass is 470 g/mol. The van der Waals surface area contributed by atoms with Gasteiger partial charge in [0.05, 0.1) is 11.5 Å². The minimum absolute atomic E-state index is 0.0431. The number of carboxylic acids is 1. The molecule has 1 aliphatic carbocycles. The van der Waals surface area contributed by atoms with E-state index in [1.807, 2.05) is 18.2 Å². The molecule has 4 nitrogen and oxygen atoms in total. The van der Waals surface area contributed by atoms with Crippen molar-refractivity contribution >= 4 is 11.9 Å². The number of aryl methyl sites for hydroxylation is 1. The number of benzene rings is 3. The quantitative estimate of drug-likeness (QED) is 0.297. The zero-order chi connectivity index (χ0) is 25.2. The van der Waals surface area contributed by atoms with E-state index in [2.05, 4.69) is 58.0 Å². The number of carbonyl (C=O) groups excluding carboxylic acids is 1. The van der Waals surface area contributed by atoms with Gasteiger partial charge in [-0.3, -0.25) is 4.79 Å². The Labute approximate surface area is 208 Å². The van der Waals surface area contributed by atoms with E-state index in [9.17, 15) is 9.59 Å². The van der Waals surface area contributed by atoms with Crippen LogP contribution in [0.4, 0.5) is 0 Å². The Balaban J connectivity index is 1.66. The molecule has 35 heavy (non-hydrogen) atoms. The zero-order valence-electron chi connectivity index (χ0n) is 21.0. The van der Waals surface area contributed by atoms with Crippen LogP contribution in [0.1, 0.15) is 85.5 Å². The lowest BCUT2D eigenvalue weighted by atomic mass is 9.62. The van der Waals surface area contributed by atoms with Gasteiger partial charge in [0, 0.05) is 0 Å². The molecule has 1 unspecified atom stereocenters. The molecule has 4 rings (SSSR count). The van der Waals surface area contributed by atoms with Crippen molar-refractivity contribution in [3.05, 3.63) is 101 Å². The molecule has 0 fully saturated rings. The van der Waals surface area contributed by atoms with E-state index in [4.69, 9.17) is 9.84 Å². The molecule has 0 saturated carbocycles. The summed E-state index contributed by atoms with van der Waals surface area (Å²) < 4.78 is 5.76. The van der Waals surface area contributed by atoms with E-state index in [1.165, 1.54) is 41.0 Å². The van der Waals surface area contributed by atoms with Gasteiger partial charge in [-0.2, -0.15) is 0 Å². The molecule has 182 valence electrons. The van der Waals surface area contributed by atoms with Gasteiger partial charge in [-0.05, 0) is 83.0 Å². The highest BCUT2D eigenvalue weighted by Crippen LogP contribution is 2.46. The molecule has 0 spiro atoms. The summed E-state index contributed by atoms with van der Waals surface area (Å²) in [5, 5.41) is 9.14. The fraction of sp³-hybridized carbons (Fsp3) is 0.355. The van der Waals surface area contributed by atoms with Gasteiger partial charge < -0.3 is 9.84 Å². The van der Waals surface area contributed by atoms with Crippen molar-refractivity contribution < 1.29 is 19.4 Å². The topological polar surface area (TPSA) is 63.6 Å². The van der Waals surface area contributed by atoms with Crippen molar-refractivity contribution in [2.45, 2.75) is 70.1 Å². The number of esters is 1. The smallest absolute Gasteiger partial charge is 0.335 e. The predicted molar refractivity (Wildman–Crippen MR) is 138 cm³/mol. The summed E-state index contributed by atoms with van der Waals surface area (Å²) >= 11 is 0. The van der Waals surface area contributed by atoms with Crippen molar-refractivity contribution in [1.29, 1.82) is 0 Å². The first-order valence-corrected chi connectivity index (χ1v) is 12.3. The lowest BCUT2D eigenvalue weighted by molar-refractivity contribution is -0.136. The van der Waals surface area contributed by atoms with Crippen molar-refractivity contribution in [1.82, 2.24) is 0 Å². The third-order valence-electron chi connectivity index (χ3n) is 7.45. The van der Waals surface area contributed by atoms with Crippen LogP contribution in [0.25, 0.3) is 0 Å². The number of aromatic carboxylic acids is 1. The first-order valence-electron chi connectivity index (χ1n) is 12.3. The first-order chi connectivity index (χ1) is 16.6. The van der Waals surface area contributed by atoms with Crippen LogP contribution in [0.5, 0.6) is 5.75 Å². The molecule has 3 aromatic carbocycles. The number of rotatable bonds is 7. The Morgan fingerprint density at radius 1 is 0.857 bits per heavy atom. The maximum atomic E-state index is 13.5. The second-order valence-corrected chi connectivity index (χ2v) is 10.9. The molecule has 0 radical (unpaired) electrons. The molecule has 0 bridgehead atoms. The summed E-state index contributed by atoms with van der Waals surface area (Å²) in [5.74, 6) is -1.41. The number of fused-ring (bicyclic) bond motifs is 1. The fourth-order valence-electron chi connectivity index (χ4n) is 5.05. The Morgan fingerprint density at radius 2 is 1.49 bits per heavy atom. The second kappa shape index (κ2) is 9.69. The summed E-state index contributed by atoms with van der Waals surface area (Å²) in [5.41, 5.74) is 5.13. The maximum absolute atomic E-state index is 13.5. The Kier molecular flexibility index (Phi) is 6.84. The van der Waals surface area contributed by atoms with Gasteiger partial charge in [0.15, 0.2) is 0 Å². The van der Waals surface area contributed by atoms with E-state index in [0.717, 1.165) is 24.8 Å². The Hall–Kier alpha value is -3.40. The molecule has 0 aromatic heterocycles. The molecule has 3 aromatic rings. The molecule has 0 amide bonds. The van der Waals surface area contributed by atoms with Gasteiger partial charge in [0.2, 0.25) is 0 Å². The van der Waals surface area contributed by atoms with Crippen LogP contribution in [0.15, 0.2) is 72.8 Å². The molecular formula is C31H34O4. The highest BCUT2D eigenvalue weighted by molar-refractivity contribution is 5.88. The van der Waals surface area contributed by atoms with E-state index in [0.29, 0.717) is 12.2 Å². The average Bonchev–Trinajstić information content (AvgIpc) is 2.83. The van der Waals surface area contributed by atoms with E-state index >= 15 is 0 Å². The van der Waals surface area contributed by atoms with Gasteiger partial charge in [-0.15, -0.1) is 0 Å². The van der Waals surface area contributed by atoms with Crippen molar-refractivity contribution in [3.8, 4) is 5.75 Å². The Morgan fingerprint density at radius 3 is 2.11 bits per heavy atom. The second-order valence-electron chi connectivity index (χ2n) is 10.9. The summed E-state index contributed by atoms with van der Waals surface area (Å²) in [6.07, 6.45) is 3.62. The first kappa shape index (κ1) is 24.7. The summed E-state index contributed by atoms with van der Waals surface area (Å²) in [4.78, 5) is 24.6. The van der Waals surface area contributed by atoms with Crippen LogP contribution in [0.3, 0.4) is 0 Å². The number of ether oxygens (including phenoxy) is 1. The largest absolute Gasteiger partial charge is 0.478 e. The number of carboxylic acid groups (broad SMARTS) is 1. The van der Waals surface area contributed by atoms with Gasteiger partial charge in [-0.25, -0.2) is 4.79 Å². The predicted octanol–water partition coefficient (Wildman–Crippen LogP) is 7.06. The number of carbonyl (C=O) groups is 2. The van der Waals surface area contributed by atoms with E-state index in [1.54, 1.807) is 0 Å². The van der Waals surface area contributed by atoms with E-state index in [-0.39, 0.29) is 22.4 Å². The standard InChI is InChI=1S/C31H34O4/c1-30(2)18-19-31(3,4)27-20-23(13-17-26(27)30)25(16-10-21-8-6-5-7-9-21)29(34)35-24-14-11-22(12-15-24)28(32)33/h5-9,11-15,17,20,25H,10,16,18-19H2,1-4H3,(H,32,33). The van der Waals surface area contributed by atoms with Crippen LogP contribution in [-0.2, 0) is 22.0 Å². The average molecular weight is 471 g/mol. The summed E-state index contributed by atoms with van der Waals surface area (Å²) in [7, 11) is 0. The van der Waals surface area contributed by atoms with Gasteiger partial charge in [0.25, 0.3) is 0 Å². The highest BCUT2D eigenvalue weighted by Gasteiger charge is 2.37. The highest BCUT2D eigenvalue weighted by atomic mass is 16.5. The van der Waals surface area contributed by atoms with Crippen LogP contribution in [-0.4, -0.2) is 17.0 Å². The van der Waals surface area contributed by atoms with Crippen molar-refractivity contribution in [3.63, 3.8) is 0 Å². The van der Waals surface area contributed by atoms with Crippen LogP contribution >= 0.6 is 0 Å². The van der Waals surface area contributed by atoms with Crippen LogP contribution < -0.4 is 4.74 Å².